The molecule has 2 nitrogen and oxygen atoms in total. The van der Waals surface area contributed by atoms with Gasteiger partial charge in [-0.2, -0.15) is 0 Å². The first-order chi connectivity index (χ1) is 7.70. The maximum absolute atomic E-state index is 4.63. The number of nitrogens with zero attached hydrogens (tertiary/aromatic N) is 1. The van der Waals surface area contributed by atoms with E-state index in [9.17, 15) is 0 Å². The SMILES string of the molecule is CNc1ccc(-c2nc(C(C)C)cs2)cc1. The summed E-state index contributed by atoms with van der Waals surface area (Å²) in [5.41, 5.74) is 3.50. The van der Waals surface area contributed by atoms with Gasteiger partial charge in [-0.05, 0) is 30.2 Å². The molecule has 16 heavy (non-hydrogen) atoms. The molecule has 0 atom stereocenters. The van der Waals surface area contributed by atoms with Gasteiger partial charge in [0.15, 0.2) is 0 Å². The predicted octanol–water partition coefficient (Wildman–Crippen LogP) is 3.98. The van der Waals surface area contributed by atoms with Crippen LogP contribution in [0.3, 0.4) is 0 Å². The summed E-state index contributed by atoms with van der Waals surface area (Å²) in [7, 11) is 1.93. The van der Waals surface area contributed by atoms with Crippen molar-refractivity contribution in [3.63, 3.8) is 0 Å². The number of rotatable bonds is 3. The molecule has 1 aromatic carbocycles. The van der Waals surface area contributed by atoms with E-state index in [1.807, 2.05) is 7.05 Å². The van der Waals surface area contributed by atoms with E-state index in [1.54, 1.807) is 11.3 Å². The number of anilines is 1. The number of hydrogen-bond donors (Lipinski definition) is 1. The Bertz CT molecular complexity index is 457. The third-order valence-electron chi connectivity index (χ3n) is 2.53. The van der Waals surface area contributed by atoms with Crippen molar-refractivity contribution in [3.05, 3.63) is 35.3 Å². The summed E-state index contributed by atoms with van der Waals surface area (Å²) in [6.45, 7) is 4.34. The normalized spacial score (nSPS) is 10.8. The zero-order valence-electron chi connectivity index (χ0n) is 9.82. The van der Waals surface area contributed by atoms with Gasteiger partial charge < -0.3 is 5.32 Å². The lowest BCUT2D eigenvalue weighted by Crippen LogP contribution is -1.88. The second-order valence-corrected chi connectivity index (χ2v) is 4.92. The van der Waals surface area contributed by atoms with Gasteiger partial charge in [0, 0.05) is 23.7 Å². The van der Waals surface area contributed by atoms with Crippen LogP contribution in [0.1, 0.15) is 25.5 Å². The van der Waals surface area contributed by atoms with E-state index in [4.69, 9.17) is 0 Å². The van der Waals surface area contributed by atoms with Crippen LogP contribution in [-0.2, 0) is 0 Å². The molecule has 84 valence electrons. The lowest BCUT2D eigenvalue weighted by Gasteiger charge is -2.01. The number of nitrogens with one attached hydrogen (secondary N) is 1. The highest BCUT2D eigenvalue weighted by molar-refractivity contribution is 7.13. The molecule has 0 radical (unpaired) electrons. The Morgan fingerprint density at radius 3 is 2.38 bits per heavy atom. The first-order valence-corrected chi connectivity index (χ1v) is 6.32. The van der Waals surface area contributed by atoms with Crippen LogP contribution >= 0.6 is 11.3 Å². The largest absolute Gasteiger partial charge is 0.388 e. The van der Waals surface area contributed by atoms with Crippen molar-refractivity contribution in [2.45, 2.75) is 19.8 Å². The Balaban J connectivity index is 2.28. The van der Waals surface area contributed by atoms with Gasteiger partial charge in [0.25, 0.3) is 0 Å². The molecule has 0 amide bonds. The van der Waals surface area contributed by atoms with Crippen molar-refractivity contribution in [2.75, 3.05) is 12.4 Å². The van der Waals surface area contributed by atoms with Gasteiger partial charge in [0.1, 0.15) is 5.01 Å². The van der Waals surface area contributed by atoms with E-state index in [-0.39, 0.29) is 0 Å². The predicted molar refractivity (Wildman–Crippen MR) is 71.2 cm³/mol. The monoisotopic (exact) mass is 232 g/mol. The summed E-state index contributed by atoms with van der Waals surface area (Å²) in [5, 5.41) is 6.36. The first kappa shape index (κ1) is 11.1. The number of aromatic nitrogens is 1. The van der Waals surface area contributed by atoms with Crippen molar-refractivity contribution in [2.24, 2.45) is 0 Å². The van der Waals surface area contributed by atoms with Gasteiger partial charge in [0.05, 0.1) is 5.69 Å². The number of hydrogen-bond acceptors (Lipinski definition) is 3. The Kier molecular flexibility index (Phi) is 3.25. The summed E-state index contributed by atoms with van der Waals surface area (Å²) in [4.78, 5) is 4.63. The lowest BCUT2D eigenvalue weighted by molar-refractivity contribution is 0.834. The second-order valence-electron chi connectivity index (χ2n) is 4.06. The van der Waals surface area contributed by atoms with Gasteiger partial charge in [-0.1, -0.05) is 13.8 Å². The van der Waals surface area contributed by atoms with E-state index in [0.29, 0.717) is 5.92 Å². The zero-order chi connectivity index (χ0) is 11.5. The maximum atomic E-state index is 4.63. The van der Waals surface area contributed by atoms with Crippen molar-refractivity contribution < 1.29 is 0 Å². The molecule has 0 aliphatic rings. The molecule has 2 aromatic rings. The Morgan fingerprint density at radius 1 is 1.19 bits per heavy atom. The van der Waals surface area contributed by atoms with E-state index in [2.05, 4.69) is 53.8 Å². The van der Waals surface area contributed by atoms with Crippen LogP contribution in [0.2, 0.25) is 0 Å². The molecule has 0 aliphatic carbocycles. The maximum Gasteiger partial charge on any atom is 0.123 e. The third-order valence-corrected chi connectivity index (χ3v) is 3.44. The Hall–Kier alpha value is -1.35. The fourth-order valence-electron chi connectivity index (χ4n) is 1.46. The van der Waals surface area contributed by atoms with Crippen LogP contribution in [0.4, 0.5) is 5.69 Å². The summed E-state index contributed by atoms with van der Waals surface area (Å²) in [6.07, 6.45) is 0. The minimum Gasteiger partial charge on any atom is -0.388 e. The Labute approximate surface area is 100 Å². The highest BCUT2D eigenvalue weighted by atomic mass is 32.1. The molecule has 1 heterocycles. The molecular weight excluding hydrogens is 216 g/mol. The second kappa shape index (κ2) is 4.66. The smallest absolute Gasteiger partial charge is 0.123 e. The molecule has 0 saturated heterocycles. The molecule has 1 aromatic heterocycles. The number of thiazole rings is 1. The molecule has 0 spiro atoms. The quantitative estimate of drug-likeness (QED) is 0.866. The van der Waals surface area contributed by atoms with Crippen LogP contribution in [0.15, 0.2) is 29.6 Å². The zero-order valence-corrected chi connectivity index (χ0v) is 10.6. The highest BCUT2D eigenvalue weighted by Gasteiger charge is 2.07. The summed E-state index contributed by atoms with van der Waals surface area (Å²) < 4.78 is 0. The minimum atomic E-state index is 0.501. The van der Waals surface area contributed by atoms with Crippen LogP contribution in [0.5, 0.6) is 0 Å². The molecule has 0 fully saturated rings. The average Bonchev–Trinajstić information content (AvgIpc) is 2.78. The molecule has 0 unspecified atom stereocenters. The fraction of sp³-hybridized carbons (Fsp3) is 0.308. The van der Waals surface area contributed by atoms with Crippen LogP contribution in [-0.4, -0.2) is 12.0 Å². The Morgan fingerprint density at radius 2 is 1.88 bits per heavy atom. The van der Waals surface area contributed by atoms with Gasteiger partial charge in [-0.15, -0.1) is 11.3 Å². The summed E-state index contributed by atoms with van der Waals surface area (Å²) in [5.74, 6) is 0.501. The molecule has 3 heteroatoms. The van der Waals surface area contributed by atoms with Crippen molar-refractivity contribution in [1.29, 1.82) is 0 Å². The minimum absolute atomic E-state index is 0.501. The van der Waals surface area contributed by atoms with E-state index < -0.39 is 0 Å². The molecule has 1 N–H and O–H groups in total. The van der Waals surface area contributed by atoms with Gasteiger partial charge in [-0.3, -0.25) is 0 Å². The third kappa shape index (κ3) is 2.25. The van der Waals surface area contributed by atoms with Gasteiger partial charge in [0.2, 0.25) is 0 Å². The molecule has 0 saturated carbocycles. The first-order valence-electron chi connectivity index (χ1n) is 5.44. The average molecular weight is 232 g/mol. The highest BCUT2D eigenvalue weighted by Crippen LogP contribution is 2.27. The van der Waals surface area contributed by atoms with Crippen LogP contribution in [0, 0.1) is 0 Å². The van der Waals surface area contributed by atoms with E-state index in [1.165, 1.54) is 11.3 Å². The van der Waals surface area contributed by atoms with E-state index in [0.717, 1.165) is 10.7 Å². The molecular formula is C13H16N2S. The molecule has 0 aliphatic heterocycles. The summed E-state index contributed by atoms with van der Waals surface area (Å²) in [6, 6.07) is 8.36. The molecule has 2 rings (SSSR count). The van der Waals surface area contributed by atoms with E-state index >= 15 is 0 Å². The summed E-state index contributed by atoms with van der Waals surface area (Å²) >= 11 is 1.71. The van der Waals surface area contributed by atoms with Crippen molar-refractivity contribution in [3.8, 4) is 10.6 Å². The fourth-order valence-corrected chi connectivity index (χ4v) is 2.45. The van der Waals surface area contributed by atoms with Gasteiger partial charge in [-0.25, -0.2) is 4.98 Å². The van der Waals surface area contributed by atoms with Crippen molar-refractivity contribution in [1.82, 2.24) is 4.98 Å². The lowest BCUT2D eigenvalue weighted by atomic mass is 10.1. The van der Waals surface area contributed by atoms with Crippen molar-refractivity contribution >= 4 is 17.0 Å². The molecule has 0 bridgehead atoms. The topological polar surface area (TPSA) is 24.9 Å². The number of benzene rings is 1. The van der Waals surface area contributed by atoms with Crippen LogP contribution < -0.4 is 5.32 Å². The van der Waals surface area contributed by atoms with Gasteiger partial charge >= 0.3 is 0 Å². The van der Waals surface area contributed by atoms with Crippen LogP contribution in [0.25, 0.3) is 10.6 Å². The standard InChI is InChI=1S/C13H16N2S/c1-9(2)12-8-16-13(15-12)10-4-6-11(14-3)7-5-10/h4-9,14H,1-3H3.